The minimum Gasteiger partial charge on any atom is -0.298 e. The molecule has 1 aromatic rings. The molecule has 3 heteroatoms. The van der Waals surface area contributed by atoms with Crippen LogP contribution in [0.1, 0.15) is 31.7 Å². The van der Waals surface area contributed by atoms with E-state index in [4.69, 9.17) is 0 Å². The summed E-state index contributed by atoms with van der Waals surface area (Å²) in [4.78, 5) is 5.38. The van der Waals surface area contributed by atoms with Gasteiger partial charge in [0.05, 0.1) is 0 Å². The van der Waals surface area contributed by atoms with Crippen LogP contribution in [0.5, 0.6) is 0 Å². The third-order valence-corrected chi connectivity index (χ3v) is 5.14. The Labute approximate surface area is 124 Å². The van der Waals surface area contributed by atoms with Crippen LogP contribution in [-0.2, 0) is 6.54 Å². The van der Waals surface area contributed by atoms with Gasteiger partial charge in [-0.15, -0.1) is 0 Å². The number of piperidine rings is 1. The molecule has 0 amide bonds. The second-order valence-electron chi connectivity index (χ2n) is 6.05. The van der Waals surface area contributed by atoms with Crippen molar-refractivity contribution in [2.75, 3.05) is 19.6 Å². The summed E-state index contributed by atoms with van der Waals surface area (Å²) in [5.74, 6) is 0. The molecule has 2 fully saturated rings. The van der Waals surface area contributed by atoms with E-state index in [2.05, 4.69) is 56.9 Å². The van der Waals surface area contributed by atoms with Crippen LogP contribution in [-0.4, -0.2) is 41.5 Å². The fraction of sp³-hybridized carbons (Fsp3) is 0.625. The second kappa shape index (κ2) is 5.94. The van der Waals surface area contributed by atoms with E-state index in [0.717, 1.165) is 12.6 Å². The first-order valence-corrected chi connectivity index (χ1v) is 8.24. The molecular formula is C16H23BrN2. The molecule has 2 unspecified atom stereocenters. The summed E-state index contributed by atoms with van der Waals surface area (Å²) < 4.78 is 1.17. The van der Waals surface area contributed by atoms with Crippen molar-refractivity contribution in [2.45, 2.75) is 44.8 Å². The molecule has 2 heterocycles. The van der Waals surface area contributed by atoms with Crippen LogP contribution in [0.25, 0.3) is 0 Å². The third-order valence-electron chi connectivity index (χ3n) is 4.62. The Morgan fingerprint density at radius 1 is 1.16 bits per heavy atom. The predicted molar refractivity (Wildman–Crippen MR) is 83.2 cm³/mol. The van der Waals surface area contributed by atoms with Crippen LogP contribution >= 0.6 is 15.9 Å². The van der Waals surface area contributed by atoms with Crippen molar-refractivity contribution >= 4 is 15.9 Å². The molecular weight excluding hydrogens is 300 g/mol. The van der Waals surface area contributed by atoms with Gasteiger partial charge < -0.3 is 0 Å². The largest absolute Gasteiger partial charge is 0.298 e. The number of hydrogen-bond donors (Lipinski definition) is 0. The van der Waals surface area contributed by atoms with Gasteiger partial charge in [0.2, 0.25) is 0 Å². The van der Waals surface area contributed by atoms with E-state index in [-0.39, 0.29) is 0 Å². The average Bonchev–Trinajstić information content (AvgIpc) is 2.42. The zero-order valence-electron chi connectivity index (χ0n) is 11.7. The molecule has 2 aliphatic heterocycles. The van der Waals surface area contributed by atoms with E-state index in [1.54, 1.807) is 0 Å². The molecule has 0 radical (unpaired) electrons. The molecule has 0 saturated carbocycles. The maximum absolute atomic E-state index is 3.51. The van der Waals surface area contributed by atoms with Crippen LogP contribution in [0, 0.1) is 0 Å². The highest BCUT2D eigenvalue weighted by Gasteiger charge is 2.32. The van der Waals surface area contributed by atoms with Gasteiger partial charge in [0.1, 0.15) is 0 Å². The Kier molecular flexibility index (Phi) is 4.25. The van der Waals surface area contributed by atoms with Crippen molar-refractivity contribution in [3.63, 3.8) is 0 Å². The van der Waals surface area contributed by atoms with Crippen molar-refractivity contribution in [3.8, 4) is 0 Å². The van der Waals surface area contributed by atoms with Gasteiger partial charge in [-0.3, -0.25) is 9.80 Å². The van der Waals surface area contributed by atoms with E-state index >= 15 is 0 Å². The van der Waals surface area contributed by atoms with Crippen molar-refractivity contribution in [3.05, 3.63) is 34.3 Å². The molecule has 2 nitrogen and oxygen atoms in total. The van der Waals surface area contributed by atoms with Crippen molar-refractivity contribution in [2.24, 2.45) is 0 Å². The van der Waals surface area contributed by atoms with Crippen molar-refractivity contribution in [1.29, 1.82) is 0 Å². The number of nitrogens with zero attached hydrogens (tertiary/aromatic N) is 2. The summed E-state index contributed by atoms with van der Waals surface area (Å²) in [7, 11) is 0. The van der Waals surface area contributed by atoms with E-state index in [1.165, 1.54) is 48.9 Å². The topological polar surface area (TPSA) is 6.48 Å². The highest BCUT2D eigenvalue weighted by Crippen LogP contribution is 2.25. The Balaban J connectivity index is 1.65. The number of benzene rings is 1. The fourth-order valence-electron chi connectivity index (χ4n) is 3.46. The van der Waals surface area contributed by atoms with Gasteiger partial charge >= 0.3 is 0 Å². The average molecular weight is 323 g/mol. The molecule has 104 valence electrons. The molecule has 2 atom stereocenters. The Bertz CT molecular complexity index is 417. The van der Waals surface area contributed by atoms with Gasteiger partial charge in [-0.2, -0.15) is 0 Å². The van der Waals surface area contributed by atoms with Gasteiger partial charge in [-0.05, 0) is 44.0 Å². The van der Waals surface area contributed by atoms with E-state index in [1.807, 2.05) is 0 Å². The van der Waals surface area contributed by atoms with Gasteiger partial charge in [-0.1, -0.05) is 34.5 Å². The lowest BCUT2D eigenvalue weighted by atomic mass is 9.97. The molecule has 19 heavy (non-hydrogen) atoms. The van der Waals surface area contributed by atoms with Crippen molar-refractivity contribution < 1.29 is 0 Å². The van der Waals surface area contributed by atoms with Gasteiger partial charge in [0, 0.05) is 36.2 Å². The number of piperazine rings is 1. The molecule has 0 bridgehead atoms. The highest BCUT2D eigenvalue weighted by molar-refractivity contribution is 9.10. The summed E-state index contributed by atoms with van der Waals surface area (Å²) in [6.07, 6.45) is 4.21. The quantitative estimate of drug-likeness (QED) is 0.822. The first-order valence-electron chi connectivity index (χ1n) is 7.45. The summed E-state index contributed by atoms with van der Waals surface area (Å²) >= 11 is 3.51. The lowest BCUT2D eigenvalue weighted by Gasteiger charge is -2.47. The first-order chi connectivity index (χ1) is 9.22. The molecule has 0 aliphatic carbocycles. The smallest absolute Gasteiger partial charge is 0.0237 e. The van der Waals surface area contributed by atoms with Gasteiger partial charge in [-0.25, -0.2) is 0 Å². The zero-order chi connectivity index (χ0) is 13.2. The third kappa shape index (κ3) is 3.21. The van der Waals surface area contributed by atoms with E-state index < -0.39 is 0 Å². The molecule has 0 N–H and O–H groups in total. The number of rotatable bonds is 2. The molecule has 0 aromatic heterocycles. The summed E-state index contributed by atoms with van der Waals surface area (Å²) in [6, 6.07) is 10.3. The second-order valence-corrected chi connectivity index (χ2v) is 6.97. The lowest BCUT2D eigenvalue weighted by Crippen LogP contribution is -2.58. The van der Waals surface area contributed by atoms with Crippen LogP contribution in [0.2, 0.25) is 0 Å². The number of halogens is 1. The minimum atomic E-state index is 0.679. The Morgan fingerprint density at radius 3 is 2.74 bits per heavy atom. The zero-order valence-corrected chi connectivity index (χ0v) is 13.3. The normalized spacial score (nSPS) is 29.2. The summed E-state index contributed by atoms with van der Waals surface area (Å²) in [6.45, 7) is 7.29. The summed E-state index contributed by atoms with van der Waals surface area (Å²) in [5, 5.41) is 0. The van der Waals surface area contributed by atoms with Crippen molar-refractivity contribution in [1.82, 2.24) is 9.80 Å². The maximum atomic E-state index is 3.51. The predicted octanol–water partition coefficient (Wildman–Crippen LogP) is 3.51. The molecule has 2 aliphatic rings. The molecule has 2 saturated heterocycles. The van der Waals surface area contributed by atoms with Crippen LogP contribution in [0.15, 0.2) is 28.7 Å². The monoisotopic (exact) mass is 322 g/mol. The standard InChI is InChI=1S/C16H23BrN2/c1-13-10-18-9-3-2-4-16(18)12-19(13)11-14-5-7-15(17)8-6-14/h5-8,13,16H,2-4,9-12H2,1H3. The maximum Gasteiger partial charge on any atom is 0.0237 e. The van der Waals surface area contributed by atoms with E-state index in [0.29, 0.717) is 6.04 Å². The number of fused-ring (bicyclic) bond motifs is 1. The Morgan fingerprint density at radius 2 is 1.95 bits per heavy atom. The molecule has 0 spiro atoms. The van der Waals surface area contributed by atoms with Crippen LogP contribution < -0.4 is 0 Å². The van der Waals surface area contributed by atoms with Crippen LogP contribution in [0.4, 0.5) is 0 Å². The van der Waals surface area contributed by atoms with Crippen LogP contribution in [0.3, 0.4) is 0 Å². The van der Waals surface area contributed by atoms with E-state index in [9.17, 15) is 0 Å². The molecule has 1 aromatic carbocycles. The first kappa shape index (κ1) is 13.6. The highest BCUT2D eigenvalue weighted by atomic mass is 79.9. The fourth-order valence-corrected chi connectivity index (χ4v) is 3.72. The lowest BCUT2D eigenvalue weighted by molar-refractivity contribution is 0.0111. The van der Waals surface area contributed by atoms with Gasteiger partial charge in [0.25, 0.3) is 0 Å². The Hall–Kier alpha value is -0.380. The minimum absolute atomic E-state index is 0.679. The molecule has 3 rings (SSSR count). The SMILES string of the molecule is CC1CN2CCCCC2CN1Cc1ccc(Br)cc1. The number of hydrogen-bond acceptors (Lipinski definition) is 2. The summed E-state index contributed by atoms with van der Waals surface area (Å²) in [5.41, 5.74) is 1.43. The van der Waals surface area contributed by atoms with Gasteiger partial charge in [0.15, 0.2) is 0 Å².